The summed E-state index contributed by atoms with van der Waals surface area (Å²) in [5.74, 6) is -2.26. The summed E-state index contributed by atoms with van der Waals surface area (Å²) in [7, 11) is 0. The maximum atomic E-state index is 13.1. The van der Waals surface area contributed by atoms with Crippen molar-refractivity contribution in [3.63, 3.8) is 0 Å². The molecule has 0 atom stereocenters. The number of carbonyl (C=O) groups excluding carboxylic acids is 2. The highest BCUT2D eigenvalue weighted by atomic mass is 19.4. The van der Waals surface area contributed by atoms with E-state index in [1.807, 2.05) is 0 Å². The Bertz CT molecular complexity index is 724. The van der Waals surface area contributed by atoms with Crippen molar-refractivity contribution in [1.29, 1.82) is 0 Å². The van der Waals surface area contributed by atoms with Crippen LogP contribution in [0.4, 0.5) is 13.2 Å². The van der Waals surface area contributed by atoms with E-state index in [0.29, 0.717) is 6.54 Å². The molecule has 1 aromatic carbocycles. The summed E-state index contributed by atoms with van der Waals surface area (Å²) in [6.07, 6.45) is -4.68. The van der Waals surface area contributed by atoms with Gasteiger partial charge in [-0.2, -0.15) is 13.2 Å². The number of nitrogens with zero attached hydrogens (tertiary/aromatic N) is 2. The summed E-state index contributed by atoms with van der Waals surface area (Å²) in [5.41, 5.74) is 0.351. The second-order valence-electron chi connectivity index (χ2n) is 4.74. The van der Waals surface area contributed by atoms with Crippen LogP contribution in [0.25, 0.3) is 11.0 Å². The summed E-state index contributed by atoms with van der Waals surface area (Å²) in [6.45, 7) is 1.25. The van der Waals surface area contributed by atoms with Crippen molar-refractivity contribution in [2.45, 2.75) is 19.6 Å². The van der Waals surface area contributed by atoms with Crippen LogP contribution < -0.4 is 10.6 Å². The number of amides is 2. The van der Waals surface area contributed by atoms with Gasteiger partial charge in [-0.05, 0) is 19.1 Å². The second kappa shape index (κ2) is 6.67. The van der Waals surface area contributed by atoms with Gasteiger partial charge in [0.15, 0.2) is 0 Å². The molecule has 0 aliphatic heterocycles. The zero-order valence-electron chi connectivity index (χ0n) is 12.3. The summed E-state index contributed by atoms with van der Waals surface area (Å²) < 4.78 is 40.0. The molecule has 2 rings (SSSR count). The summed E-state index contributed by atoms with van der Waals surface area (Å²) in [4.78, 5) is 26.6. The third kappa shape index (κ3) is 3.99. The van der Waals surface area contributed by atoms with Gasteiger partial charge in [0, 0.05) is 6.54 Å². The Kier molecular flexibility index (Phi) is 4.87. The highest BCUT2D eigenvalue weighted by Gasteiger charge is 2.37. The SMILES string of the molecule is CCNC(=O)CNC(=O)Cn1c(C(F)(F)F)nc2ccccc21. The molecule has 1 heterocycles. The van der Waals surface area contributed by atoms with Crippen LogP contribution in [-0.2, 0) is 22.3 Å². The molecule has 0 saturated heterocycles. The van der Waals surface area contributed by atoms with Crippen LogP contribution in [0.1, 0.15) is 12.7 Å². The first kappa shape index (κ1) is 16.8. The van der Waals surface area contributed by atoms with Gasteiger partial charge in [-0.15, -0.1) is 0 Å². The lowest BCUT2D eigenvalue weighted by Gasteiger charge is -2.11. The predicted octanol–water partition coefficient (Wildman–Crippen LogP) is 1.31. The lowest BCUT2D eigenvalue weighted by atomic mass is 10.3. The molecule has 2 N–H and O–H groups in total. The van der Waals surface area contributed by atoms with E-state index in [0.717, 1.165) is 4.57 Å². The van der Waals surface area contributed by atoms with Gasteiger partial charge in [0.25, 0.3) is 0 Å². The van der Waals surface area contributed by atoms with Gasteiger partial charge >= 0.3 is 6.18 Å². The Morgan fingerprint density at radius 2 is 1.87 bits per heavy atom. The van der Waals surface area contributed by atoms with E-state index in [-0.39, 0.29) is 17.6 Å². The van der Waals surface area contributed by atoms with E-state index in [1.54, 1.807) is 19.1 Å². The van der Waals surface area contributed by atoms with Crippen molar-refractivity contribution in [3.8, 4) is 0 Å². The molecule has 0 spiro atoms. The molecule has 2 amide bonds. The lowest BCUT2D eigenvalue weighted by Crippen LogP contribution is -2.38. The molecular weight excluding hydrogens is 313 g/mol. The molecule has 0 saturated carbocycles. The maximum Gasteiger partial charge on any atom is 0.449 e. The molecule has 9 heteroatoms. The number of imidazole rings is 1. The van der Waals surface area contributed by atoms with Crippen LogP contribution in [-0.4, -0.2) is 34.5 Å². The Labute approximate surface area is 129 Å². The van der Waals surface area contributed by atoms with Crippen molar-refractivity contribution in [2.75, 3.05) is 13.1 Å². The summed E-state index contributed by atoms with van der Waals surface area (Å²) >= 11 is 0. The van der Waals surface area contributed by atoms with Crippen LogP contribution in [0.5, 0.6) is 0 Å². The van der Waals surface area contributed by atoms with Crippen LogP contribution in [0.15, 0.2) is 24.3 Å². The minimum atomic E-state index is -4.68. The number of rotatable bonds is 5. The van der Waals surface area contributed by atoms with E-state index >= 15 is 0 Å². The van der Waals surface area contributed by atoms with Gasteiger partial charge in [0.1, 0.15) is 6.54 Å². The third-order valence-electron chi connectivity index (χ3n) is 3.03. The minimum absolute atomic E-state index is 0.149. The first-order valence-electron chi connectivity index (χ1n) is 6.88. The van der Waals surface area contributed by atoms with E-state index in [4.69, 9.17) is 0 Å². The molecule has 1 aromatic heterocycles. The van der Waals surface area contributed by atoms with Crippen molar-refractivity contribution >= 4 is 22.8 Å². The average Bonchev–Trinajstić information content (AvgIpc) is 2.85. The van der Waals surface area contributed by atoms with Gasteiger partial charge < -0.3 is 15.2 Å². The second-order valence-corrected chi connectivity index (χ2v) is 4.74. The normalized spacial score (nSPS) is 11.5. The van der Waals surface area contributed by atoms with Gasteiger partial charge in [0.2, 0.25) is 17.6 Å². The highest BCUT2D eigenvalue weighted by Crippen LogP contribution is 2.31. The summed E-state index contributed by atoms with van der Waals surface area (Å²) in [6, 6.07) is 6.02. The molecule has 2 aromatic rings. The van der Waals surface area contributed by atoms with Crippen LogP contribution >= 0.6 is 0 Å². The van der Waals surface area contributed by atoms with Crippen LogP contribution in [0.2, 0.25) is 0 Å². The number of hydrogen-bond acceptors (Lipinski definition) is 3. The monoisotopic (exact) mass is 328 g/mol. The molecule has 23 heavy (non-hydrogen) atoms. The standard InChI is InChI=1S/C14H15F3N4O2/c1-2-18-11(22)7-19-12(23)8-21-10-6-4-3-5-9(10)20-13(21)14(15,16)17/h3-6H,2,7-8H2,1H3,(H,18,22)(H,19,23). The van der Waals surface area contributed by atoms with Crippen molar-refractivity contribution < 1.29 is 22.8 Å². The Balaban J connectivity index is 2.21. The van der Waals surface area contributed by atoms with Crippen molar-refractivity contribution in [1.82, 2.24) is 20.2 Å². The molecular formula is C14H15F3N4O2. The van der Waals surface area contributed by atoms with E-state index < -0.39 is 30.4 Å². The van der Waals surface area contributed by atoms with Crippen LogP contribution in [0, 0.1) is 0 Å². The van der Waals surface area contributed by atoms with Crippen molar-refractivity contribution in [2.24, 2.45) is 0 Å². The first-order valence-corrected chi connectivity index (χ1v) is 6.88. The number of fused-ring (bicyclic) bond motifs is 1. The topological polar surface area (TPSA) is 76.0 Å². The number of halogens is 3. The van der Waals surface area contributed by atoms with Gasteiger partial charge in [-0.25, -0.2) is 4.98 Å². The molecule has 0 unspecified atom stereocenters. The quantitative estimate of drug-likeness (QED) is 0.869. The number of likely N-dealkylation sites (N-methyl/N-ethyl adjacent to an activating group) is 1. The molecule has 0 aliphatic rings. The zero-order valence-corrected chi connectivity index (χ0v) is 12.3. The fourth-order valence-corrected chi connectivity index (χ4v) is 2.09. The lowest BCUT2D eigenvalue weighted by molar-refractivity contribution is -0.147. The van der Waals surface area contributed by atoms with E-state index in [9.17, 15) is 22.8 Å². The smallest absolute Gasteiger partial charge is 0.355 e. The number of para-hydroxylation sites is 2. The highest BCUT2D eigenvalue weighted by molar-refractivity contribution is 5.85. The third-order valence-corrected chi connectivity index (χ3v) is 3.03. The molecule has 0 aliphatic carbocycles. The number of alkyl halides is 3. The van der Waals surface area contributed by atoms with Crippen molar-refractivity contribution in [3.05, 3.63) is 30.1 Å². The summed E-state index contributed by atoms with van der Waals surface area (Å²) in [5, 5.41) is 4.75. The molecule has 0 bridgehead atoms. The maximum absolute atomic E-state index is 13.1. The molecule has 0 fully saturated rings. The fraction of sp³-hybridized carbons (Fsp3) is 0.357. The number of benzene rings is 1. The molecule has 6 nitrogen and oxygen atoms in total. The Hall–Kier alpha value is -2.58. The van der Waals surface area contributed by atoms with Gasteiger partial charge in [-0.3, -0.25) is 9.59 Å². The van der Waals surface area contributed by atoms with E-state index in [2.05, 4.69) is 15.6 Å². The minimum Gasteiger partial charge on any atom is -0.355 e. The number of carbonyl (C=O) groups is 2. The fourth-order valence-electron chi connectivity index (χ4n) is 2.09. The number of nitrogens with one attached hydrogen (secondary N) is 2. The molecule has 0 radical (unpaired) electrons. The first-order chi connectivity index (χ1) is 10.8. The zero-order chi connectivity index (χ0) is 17.0. The van der Waals surface area contributed by atoms with Gasteiger partial charge in [0.05, 0.1) is 17.6 Å². The number of hydrogen-bond donors (Lipinski definition) is 2. The Morgan fingerprint density at radius 3 is 2.52 bits per heavy atom. The predicted molar refractivity (Wildman–Crippen MR) is 76.4 cm³/mol. The number of aromatic nitrogens is 2. The largest absolute Gasteiger partial charge is 0.449 e. The van der Waals surface area contributed by atoms with Crippen LogP contribution in [0.3, 0.4) is 0 Å². The average molecular weight is 328 g/mol. The Morgan fingerprint density at radius 1 is 1.17 bits per heavy atom. The van der Waals surface area contributed by atoms with E-state index in [1.165, 1.54) is 12.1 Å². The molecule has 124 valence electrons. The van der Waals surface area contributed by atoms with Gasteiger partial charge in [-0.1, -0.05) is 12.1 Å².